The number of carbonyl (C=O) groups excluding carboxylic acids is 4. The van der Waals surface area contributed by atoms with Gasteiger partial charge >= 0.3 is 5.97 Å². The molecule has 0 aliphatic carbocycles. The van der Waals surface area contributed by atoms with Crippen LogP contribution in [0.1, 0.15) is 87.6 Å². The van der Waals surface area contributed by atoms with Crippen molar-refractivity contribution in [3.8, 4) is 0 Å². The van der Waals surface area contributed by atoms with Crippen LogP contribution in [0.15, 0.2) is 30.3 Å². The third-order valence-electron chi connectivity index (χ3n) is 11.7. The van der Waals surface area contributed by atoms with Gasteiger partial charge in [0.1, 0.15) is 6.61 Å². The molecule has 0 bridgehead atoms. The molecule has 55 heavy (non-hydrogen) atoms. The molecule has 0 saturated heterocycles. The van der Waals surface area contributed by atoms with Crippen LogP contribution in [0.25, 0.3) is 0 Å². The second-order valence-corrected chi connectivity index (χ2v) is 33.5. The summed E-state index contributed by atoms with van der Waals surface area (Å²) in [5.74, 6) is -1.24. The standard InChI is InChI=1S/C41H77N3O8Si3/c1-17-35(45)43(26-29-51-54(13,14)40(5,6)7)32-37(47)44(27-30-52-55(15,16)41(8,9)10)31-36(46)42(25-28-50-53(11,12)39(2,3)4)24-23-38(48)49-33-34-21-19-18-20-22-34/h18-22H,17,23-33H2,1-16H3. The molecule has 11 nitrogen and oxygen atoms in total. The largest absolute Gasteiger partial charge is 0.461 e. The maximum Gasteiger partial charge on any atom is 0.307 e. The van der Waals surface area contributed by atoms with Gasteiger partial charge in [-0.1, -0.05) is 99.6 Å². The molecule has 1 rings (SSSR count). The van der Waals surface area contributed by atoms with E-state index in [-0.39, 0.29) is 98.2 Å². The molecule has 316 valence electrons. The fourth-order valence-corrected chi connectivity index (χ4v) is 7.72. The van der Waals surface area contributed by atoms with E-state index in [9.17, 15) is 19.2 Å². The van der Waals surface area contributed by atoms with Crippen molar-refractivity contribution in [2.45, 2.75) is 143 Å². The zero-order valence-corrected chi connectivity index (χ0v) is 40.5. The molecule has 0 aromatic heterocycles. The van der Waals surface area contributed by atoms with E-state index < -0.39 is 30.9 Å². The smallest absolute Gasteiger partial charge is 0.307 e. The maximum absolute atomic E-state index is 14.2. The summed E-state index contributed by atoms with van der Waals surface area (Å²) < 4.78 is 24.8. The lowest BCUT2D eigenvalue weighted by Crippen LogP contribution is -2.51. The minimum atomic E-state index is -2.16. The second kappa shape index (κ2) is 21.4. The van der Waals surface area contributed by atoms with Gasteiger partial charge in [-0.25, -0.2) is 0 Å². The Morgan fingerprint density at radius 2 is 0.909 bits per heavy atom. The number of esters is 1. The van der Waals surface area contributed by atoms with E-state index in [1.165, 1.54) is 9.80 Å². The van der Waals surface area contributed by atoms with Gasteiger partial charge in [0.05, 0.1) is 39.3 Å². The van der Waals surface area contributed by atoms with Gasteiger partial charge in [0.25, 0.3) is 0 Å². The molecule has 1 aromatic rings. The normalized spacial score (nSPS) is 13.0. The molecule has 1 aromatic carbocycles. The average molecular weight is 824 g/mol. The molecule has 0 fully saturated rings. The highest BCUT2D eigenvalue weighted by molar-refractivity contribution is 6.74. The number of hydrogen-bond donors (Lipinski definition) is 0. The Balaban J connectivity index is 3.30. The van der Waals surface area contributed by atoms with Crippen LogP contribution in [0, 0.1) is 0 Å². The molecular weight excluding hydrogens is 747 g/mol. The molecule has 3 amide bonds. The molecule has 14 heteroatoms. The number of hydrogen-bond acceptors (Lipinski definition) is 8. The predicted molar refractivity (Wildman–Crippen MR) is 230 cm³/mol. The van der Waals surface area contributed by atoms with E-state index in [4.69, 9.17) is 18.0 Å². The van der Waals surface area contributed by atoms with Gasteiger partial charge in [0.15, 0.2) is 25.0 Å². The molecule has 0 heterocycles. The first kappa shape index (κ1) is 50.6. The Morgan fingerprint density at radius 3 is 1.29 bits per heavy atom. The van der Waals surface area contributed by atoms with Crippen molar-refractivity contribution in [3.05, 3.63) is 35.9 Å². The Morgan fingerprint density at radius 1 is 0.545 bits per heavy atom. The quantitative estimate of drug-likeness (QED) is 0.0853. The maximum atomic E-state index is 14.2. The lowest BCUT2D eigenvalue weighted by Gasteiger charge is -2.38. The van der Waals surface area contributed by atoms with E-state index in [0.29, 0.717) is 13.2 Å². The SMILES string of the molecule is CCC(=O)N(CCO[Si](C)(C)C(C)(C)C)CC(=O)N(CCO[Si](C)(C)C(C)(C)C)CC(=O)N(CCO[Si](C)(C)C(C)(C)C)CCC(=O)OCc1ccccc1. The van der Waals surface area contributed by atoms with Crippen LogP contribution in [0.5, 0.6) is 0 Å². The summed E-state index contributed by atoms with van der Waals surface area (Å²) in [4.78, 5) is 58.9. The Kier molecular flexibility index (Phi) is 19.7. The fourth-order valence-electron chi connectivity index (χ4n) is 4.61. The average Bonchev–Trinajstić information content (AvgIpc) is 3.06. The molecule has 0 atom stereocenters. The van der Waals surface area contributed by atoms with E-state index in [0.717, 1.165) is 5.56 Å². The molecule has 0 radical (unpaired) electrons. The van der Waals surface area contributed by atoms with Gasteiger partial charge in [-0.2, -0.15) is 0 Å². The number of rotatable bonds is 22. The van der Waals surface area contributed by atoms with Gasteiger partial charge in [0.2, 0.25) is 17.7 Å². The summed E-state index contributed by atoms with van der Waals surface area (Å²) in [5, 5.41) is -0.0554. The van der Waals surface area contributed by atoms with Crippen molar-refractivity contribution in [1.29, 1.82) is 0 Å². The summed E-state index contributed by atoms with van der Waals surface area (Å²) in [6.45, 7) is 35.6. The monoisotopic (exact) mass is 824 g/mol. The highest BCUT2D eigenvalue weighted by Crippen LogP contribution is 2.38. The van der Waals surface area contributed by atoms with Crippen molar-refractivity contribution >= 4 is 48.6 Å². The summed E-state index contributed by atoms with van der Waals surface area (Å²) >= 11 is 0. The summed E-state index contributed by atoms with van der Waals surface area (Å²) in [6.07, 6.45) is 0.233. The Labute approximate surface area is 337 Å². The summed E-state index contributed by atoms with van der Waals surface area (Å²) in [6, 6.07) is 9.45. The third kappa shape index (κ3) is 17.3. The highest BCUT2D eigenvalue weighted by atomic mass is 28.4. The lowest BCUT2D eigenvalue weighted by molar-refractivity contribution is -0.147. The second-order valence-electron chi connectivity index (χ2n) is 19.1. The van der Waals surface area contributed by atoms with E-state index in [1.807, 2.05) is 30.3 Å². The van der Waals surface area contributed by atoms with Crippen LogP contribution in [-0.4, -0.2) is 122 Å². The van der Waals surface area contributed by atoms with Gasteiger partial charge in [-0.05, 0) is 60.0 Å². The number of carbonyl (C=O) groups is 4. The van der Waals surface area contributed by atoms with Crippen molar-refractivity contribution in [3.63, 3.8) is 0 Å². The molecule has 0 spiro atoms. The Bertz CT molecular complexity index is 1370. The number of benzene rings is 1. The van der Waals surface area contributed by atoms with Crippen LogP contribution < -0.4 is 0 Å². The molecule has 0 aliphatic rings. The number of nitrogens with zero attached hydrogens (tertiary/aromatic N) is 3. The predicted octanol–water partition coefficient (Wildman–Crippen LogP) is 8.08. The van der Waals surface area contributed by atoms with E-state index in [1.54, 1.807) is 11.8 Å². The van der Waals surface area contributed by atoms with Gasteiger partial charge < -0.3 is 32.7 Å². The molecule has 0 N–H and O–H groups in total. The highest BCUT2D eigenvalue weighted by Gasteiger charge is 2.39. The third-order valence-corrected chi connectivity index (χ3v) is 25.3. The molecule has 0 aliphatic heterocycles. The molecule has 0 saturated carbocycles. The van der Waals surface area contributed by atoms with Crippen LogP contribution >= 0.6 is 0 Å². The van der Waals surface area contributed by atoms with Gasteiger partial charge in [-0.15, -0.1) is 0 Å². The zero-order valence-electron chi connectivity index (χ0n) is 37.5. The summed E-state index contributed by atoms with van der Waals surface area (Å²) in [7, 11) is -6.35. The van der Waals surface area contributed by atoms with Crippen LogP contribution in [0.2, 0.25) is 54.4 Å². The molecular formula is C41H77N3O8Si3. The van der Waals surface area contributed by atoms with Crippen molar-refractivity contribution in [2.75, 3.05) is 59.1 Å². The van der Waals surface area contributed by atoms with Crippen molar-refractivity contribution < 1.29 is 37.2 Å². The first-order chi connectivity index (χ1) is 25.0. The van der Waals surface area contributed by atoms with Gasteiger partial charge in [0, 0.05) is 32.6 Å². The first-order valence-electron chi connectivity index (χ1n) is 20.0. The number of ether oxygens (including phenoxy) is 1. The Hall–Kier alpha value is -2.37. The van der Waals surface area contributed by atoms with Crippen molar-refractivity contribution in [1.82, 2.24) is 14.7 Å². The zero-order chi connectivity index (χ0) is 42.5. The minimum absolute atomic E-state index is 0.00392. The minimum Gasteiger partial charge on any atom is -0.461 e. The van der Waals surface area contributed by atoms with Gasteiger partial charge in [-0.3, -0.25) is 19.2 Å². The fraction of sp³-hybridized carbons (Fsp3) is 0.756. The van der Waals surface area contributed by atoms with E-state index in [2.05, 4.69) is 102 Å². The van der Waals surface area contributed by atoms with Crippen LogP contribution in [-0.2, 0) is 43.8 Å². The first-order valence-corrected chi connectivity index (χ1v) is 28.7. The lowest BCUT2D eigenvalue weighted by atomic mass is 10.2. The summed E-state index contributed by atoms with van der Waals surface area (Å²) in [5.41, 5.74) is 0.878. The number of amides is 3. The van der Waals surface area contributed by atoms with Crippen LogP contribution in [0.4, 0.5) is 0 Å². The van der Waals surface area contributed by atoms with Crippen LogP contribution in [0.3, 0.4) is 0 Å². The van der Waals surface area contributed by atoms with E-state index >= 15 is 0 Å². The van der Waals surface area contributed by atoms with Crippen molar-refractivity contribution in [2.24, 2.45) is 0 Å². The molecule has 0 unspecified atom stereocenters. The topological polar surface area (TPSA) is 115 Å².